The monoisotopic (exact) mass is 346 g/mol. The number of anilines is 2. The molecule has 1 aliphatic rings. The number of para-hydroxylation sites is 1. The van der Waals surface area contributed by atoms with Crippen molar-refractivity contribution >= 4 is 34.8 Å². The van der Waals surface area contributed by atoms with E-state index in [1.807, 2.05) is 31.2 Å². The third-order valence-corrected chi connectivity index (χ3v) is 4.40. The van der Waals surface area contributed by atoms with Crippen LogP contribution in [0, 0.1) is 18.7 Å². The average molecular weight is 347 g/mol. The van der Waals surface area contributed by atoms with Crippen LogP contribution in [0.15, 0.2) is 42.5 Å². The number of benzene rings is 2. The standard InChI is InChI=1S/C18H16ClFN2O2/c1-11-4-2-3-5-16(11)21-18(24)12-8-17(23)22(10-12)13-6-7-15(20)14(19)9-13/h2-7,9,12H,8,10H2,1H3,(H,21,24). The molecule has 0 bridgehead atoms. The van der Waals surface area contributed by atoms with E-state index in [1.54, 1.807) is 0 Å². The van der Waals surface area contributed by atoms with E-state index in [-0.39, 0.29) is 29.8 Å². The number of nitrogens with one attached hydrogen (secondary N) is 1. The Kier molecular flexibility index (Phi) is 4.53. The van der Waals surface area contributed by atoms with Crippen LogP contribution >= 0.6 is 11.6 Å². The Labute approximate surface area is 144 Å². The summed E-state index contributed by atoms with van der Waals surface area (Å²) in [5.74, 6) is -1.38. The summed E-state index contributed by atoms with van der Waals surface area (Å²) in [6.45, 7) is 2.15. The predicted molar refractivity (Wildman–Crippen MR) is 91.7 cm³/mol. The normalized spacial score (nSPS) is 17.2. The number of amides is 2. The highest BCUT2D eigenvalue weighted by atomic mass is 35.5. The van der Waals surface area contributed by atoms with Gasteiger partial charge < -0.3 is 10.2 Å². The van der Waals surface area contributed by atoms with Crippen molar-refractivity contribution in [2.75, 3.05) is 16.8 Å². The first-order valence-electron chi connectivity index (χ1n) is 7.57. The van der Waals surface area contributed by atoms with Gasteiger partial charge in [-0.15, -0.1) is 0 Å². The molecule has 3 rings (SSSR count). The van der Waals surface area contributed by atoms with Crippen molar-refractivity contribution in [3.05, 3.63) is 58.9 Å². The lowest BCUT2D eigenvalue weighted by Gasteiger charge is -2.17. The van der Waals surface area contributed by atoms with E-state index in [2.05, 4.69) is 5.32 Å². The molecule has 1 heterocycles. The van der Waals surface area contributed by atoms with Crippen LogP contribution in [0.25, 0.3) is 0 Å². The number of hydrogen-bond acceptors (Lipinski definition) is 2. The first-order valence-corrected chi connectivity index (χ1v) is 7.95. The molecule has 2 aromatic carbocycles. The van der Waals surface area contributed by atoms with Gasteiger partial charge in [0.25, 0.3) is 0 Å². The SMILES string of the molecule is Cc1ccccc1NC(=O)C1CC(=O)N(c2ccc(F)c(Cl)c2)C1. The van der Waals surface area contributed by atoms with Crippen molar-refractivity contribution in [1.82, 2.24) is 0 Å². The maximum Gasteiger partial charge on any atom is 0.229 e. The molecule has 0 aliphatic carbocycles. The minimum atomic E-state index is -0.541. The molecule has 2 aromatic rings. The van der Waals surface area contributed by atoms with Gasteiger partial charge in [-0.1, -0.05) is 29.8 Å². The van der Waals surface area contributed by atoms with Crippen molar-refractivity contribution < 1.29 is 14.0 Å². The average Bonchev–Trinajstić information content (AvgIpc) is 2.94. The number of halogens is 2. The topological polar surface area (TPSA) is 49.4 Å². The van der Waals surface area contributed by atoms with Crippen LogP contribution in [0.3, 0.4) is 0 Å². The van der Waals surface area contributed by atoms with E-state index in [0.717, 1.165) is 11.3 Å². The lowest BCUT2D eigenvalue weighted by molar-refractivity contribution is -0.122. The number of nitrogens with zero attached hydrogens (tertiary/aromatic N) is 1. The molecule has 6 heteroatoms. The molecule has 0 saturated carbocycles. The molecule has 2 amide bonds. The fraction of sp³-hybridized carbons (Fsp3) is 0.222. The molecule has 1 aliphatic heterocycles. The van der Waals surface area contributed by atoms with E-state index < -0.39 is 11.7 Å². The summed E-state index contributed by atoms with van der Waals surface area (Å²) in [7, 11) is 0. The zero-order chi connectivity index (χ0) is 17.3. The second-order valence-corrected chi connectivity index (χ2v) is 6.22. The Morgan fingerprint density at radius 1 is 1.29 bits per heavy atom. The number of carbonyl (C=O) groups excluding carboxylic acids is 2. The van der Waals surface area contributed by atoms with E-state index in [0.29, 0.717) is 5.69 Å². The van der Waals surface area contributed by atoms with Gasteiger partial charge in [0, 0.05) is 24.3 Å². The largest absolute Gasteiger partial charge is 0.326 e. The minimum Gasteiger partial charge on any atom is -0.326 e. The summed E-state index contributed by atoms with van der Waals surface area (Å²) >= 11 is 5.77. The molecule has 124 valence electrons. The van der Waals surface area contributed by atoms with Gasteiger partial charge in [-0.05, 0) is 36.8 Å². The van der Waals surface area contributed by atoms with Crippen LogP contribution in [0.4, 0.5) is 15.8 Å². The number of rotatable bonds is 3. The van der Waals surface area contributed by atoms with Crippen LogP contribution < -0.4 is 10.2 Å². The van der Waals surface area contributed by atoms with Gasteiger partial charge in [0.1, 0.15) is 5.82 Å². The molecule has 24 heavy (non-hydrogen) atoms. The third-order valence-electron chi connectivity index (χ3n) is 4.11. The lowest BCUT2D eigenvalue weighted by atomic mass is 10.1. The van der Waals surface area contributed by atoms with Gasteiger partial charge in [-0.3, -0.25) is 9.59 Å². The molecular weight excluding hydrogens is 331 g/mol. The zero-order valence-electron chi connectivity index (χ0n) is 13.1. The first kappa shape index (κ1) is 16.5. The zero-order valence-corrected chi connectivity index (χ0v) is 13.8. The Hall–Kier alpha value is -2.40. The Bertz CT molecular complexity index is 809. The molecule has 1 atom stereocenters. The number of aryl methyl sites for hydroxylation is 1. The molecule has 4 nitrogen and oxygen atoms in total. The van der Waals surface area contributed by atoms with E-state index in [4.69, 9.17) is 11.6 Å². The Morgan fingerprint density at radius 3 is 2.75 bits per heavy atom. The first-order chi connectivity index (χ1) is 11.5. The van der Waals surface area contributed by atoms with Crippen LogP contribution in [0.5, 0.6) is 0 Å². The Balaban J connectivity index is 1.73. The fourth-order valence-electron chi connectivity index (χ4n) is 2.73. The highest BCUT2D eigenvalue weighted by molar-refractivity contribution is 6.31. The van der Waals surface area contributed by atoms with Crippen molar-refractivity contribution in [2.45, 2.75) is 13.3 Å². The molecule has 1 unspecified atom stereocenters. The van der Waals surface area contributed by atoms with Crippen molar-refractivity contribution in [3.8, 4) is 0 Å². The number of hydrogen-bond donors (Lipinski definition) is 1. The third kappa shape index (κ3) is 3.26. The van der Waals surface area contributed by atoms with E-state index in [9.17, 15) is 14.0 Å². The molecule has 0 radical (unpaired) electrons. The van der Waals surface area contributed by atoms with Gasteiger partial charge in [0.05, 0.1) is 10.9 Å². The summed E-state index contributed by atoms with van der Waals surface area (Å²) in [4.78, 5) is 26.1. The van der Waals surface area contributed by atoms with Gasteiger partial charge in [0.2, 0.25) is 11.8 Å². The van der Waals surface area contributed by atoms with Gasteiger partial charge in [0.15, 0.2) is 0 Å². The summed E-state index contributed by atoms with van der Waals surface area (Å²) in [6.07, 6.45) is 0.118. The summed E-state index contributed by atoms with van der Waals surface area (Å²) < 4.78 is 13.3. The van der Waals surface area contributed by atoms with E-state index in [1.165, 1.54) is 23.1 Å². The number of carbonyl (C=O) groups is 2. The second kappa shape index (κ2) is 6.61. The fourth-order valence-corrected chi connectivity index (χ4v) is 2.91. The van der Waals surface area contributed by atoms with Crippen LogP contribution in [-0.4, -0.2) is 18.4 Å². The van der Waals surface area contributed by atoms with Gasteiger partial charge in [-0.2, -0.15) is 0 Å². The lowest BCUT2D eigenvalue weighted by Crippen LogP contribution is -2.28. The molecular formula is C18H16ClFN2O2. The maximum atomic E-state index is 13.3. The quantitative estimate of drug-likeness (QED) is 0.919. The summed E-state index contributed by atoms with van der Waals surface area (Å²) in [5, 5.41) is 2.81. The summed E-state index contributed by atoms with van der Waals surface area (Å²) in [6, 6.07) is 11.6. The highest BCUT2D eigenvalue weighted by Gasteiger charge is 2.35. The van der Waals surface area contributed by atoms with Gasteiger partial charge >= 0.3 is 0 Å². The molecule has 1 fully saturated rings. The molecule has 0 spiro atoms. The minimum absolute atomic E-state index is 0.0480. The van der Waals surface area contributed by atoms with Crippen LogP contribution in [0.2, 0.25) is 5.02 Å². The summed E-state index contributed by atoms with van der Waals surface area (Å²) in [5.41, 5.74) is 2.19. The Morgan fingerprint density at radius 2 is 2.04 bits per heavy atom. The van der Waals surface area contributed by atoms with Crippen molar-refractivity contribution in [1.29, 1.82) is 0 Å². The predicted octanol–water partition coefficient (Wildman–Crippen LogP) is 3.78. The van der Waals surface area contributed by atoms with Crippen LogP contribution in [0.1, 0.15) is 12.0 Å². The molecule has 1 saturated heterocycles. The van der Waals surface area contributed by atoms with Crippen molar-refractivity contribution in [3.63, 3.8) is 0 Å². The highest BCUT2D eigenvalue weighted by Crippen LogP contribution is 2.29. The van der Waals surface area contributed by atoms with E-state index >= 15 is 0 Å². The van der Waals surface area contributed by atoms with Crippen LogP contribution in [-0.2, 0) is 9.59 Å². The molecule has 0 aromatic heterocycles. The maximum absolute atomic E-state index is 13.3. The molecule has 1 N–H and O–H groups in total. The smallest absolute Gasteiger partial charge is 0.229 e. The van der Waals surface area contributed by atoms with Gasteiger partial charge in [-0.25, -0.2) is 4.39 Å². The van der Waals surface area contributed by atoms with Crippen molar-refractivity contribution in [2.24, 2.45) is 5.92 Å². The second-order valence-electron chi connectivity index (χ2n) is 5.81.